The van der Waals surface area contributed by atoms with E-state index in [0.717, 1.165) is 11.4 Å². The molecule has 1 aromatic carbocycles. The molecule has 5 nitrogen and oxygen atoms in total. The lowest BCUT2D eigenvalue weighted by atomic mass is 9.98. The number of fused-ring (bicyclic) bond motifs is 2. The first kappa shape index (κ1) is 9.89. The maximum absolute atomic E-state index is 9.87. The normalized spacial score (nSPS) is 36.6. The third-order valence-electron chi connectivity index (χ3n) is 3.08. The molecule has 2 aliphatic rings. The summed E-state index contributed by atoms with van der Waals surface area (Å²) in [4.78, 5) is 0. The van der Waals surface area contributed by atoms with Gasteiger partial charge in [0, 0.05) is 0 Å². The molecular weight excluding hydrogens is 208 g/mol. The van der Waals surface area contributed by atoms with Crippen LogP contribution in [-0.4, -0.2) is 41.3 Å². The minimum Gasteiger partial charge on any atom is -0.388 e. The van der Waals surface area contributed by atoms with Crippen molar-refractivity contribution in [3.05, 3.63) is 24.3 Å². The van der Waals surface area contributed by atoms with Gasteiger partial charge >= 0.3 is 0 Å². The summed E-state index contributed by atoms with van der Waals surface area (Å²) in [7, 11) is 0. The Morgan fingerprint density at radius 2 is 1.81 bits per heavy atom. The Bertz CT molecular complexity index is 399. The van der Waals surface area contributed by atoms with Crippen molar-refractivity contribution in [1.82, 2.24) is 0 Å². The van der Waals surface area contributed by atoms with E-state index in [-0.39, 0.29) is 18.9 Å². The maximum atomic E-state index is 9.87. The van der Waals surface area contributed by atoms with Crippen LogP contribution in [0.15, 0.2) is 24.3 Å². The number of ether oxygens (including phenoxy) is 1. The van der Waals surface area contributed by atoms with Crippen LogP contribution in [0.4, 0.5) is 11.4 Å². The lowest BCUT2D eigenvalue weighted by Crippen LogP contribution is -2.60. The van der Waals surface area contributed by atoms with Gasteiger partial charge in [0.05, 0.1) is 24.0 Å². The topological polar surface area (TPSA) is 73.8 Å². The standard InChI is InChI=1S/C11H14N2O3/c14-8-5-16-11-9(10(8)15)12-6-3-1-2-4-7(6)13-11/h1-4,8-15H,5H2/t8-,9+,10-,11-/m1/s1. The average molecular weight is 222 g/mol. The van der Waals surface area contributed by atoms with Gasteiger partial charge in [-0.15, -0.1) is 0 Å². The second kappa shape index (κ2) is 3.62. The molecule has 3 rings (SSSR count). The molecule has 4 N–H and O–H groups in total. The minimum atomic E-state index is -0.833. The average Bonchev–Trinajstić information content (AvgIpc) is 2.32. The van der Waals surface area contributed by atoms with Crippen LogP contribution in [0.25, 0.3) is 0 Å². The summed E-state index contributed by atoms with van der Waals surface area (Å²) in [5.41, 5.74) is 1.87. The highest BCUT2D eigenvalue weighted by Gasteiger charge is 2.41. The number of rotatable bonds is 0. The number of aliphatic hydroxyl groups excluding tert-OH is 2. The highest BCUT2D eigenvalue weighted by molar-refractivity contribution is 5.71. The van der Waals surface area contributed by atoms with Gasteiger partial charge < -0.3 is 25.6 Å². The summed E-state index contributed by atoms with van der Waals surface area (Å²) < 4.78 is 5.44. The number of aliphatic hydroxyl groups is 2. The molecule has 86 valence electrons. The van der Waals surface area contributed by atoms with Crippen molar-refractivity contribution >= 4 is 11.4 Å². The van der Waals surface area contributed by atoms with Crippen molar-refractivity contribution < 1.29 is 14.9 Å². The zero-order chi connectivity index (χ0) is 11.1. The zero-order valence-corrected chi connectivity index (χ0v) is 8.63. The Morgan fingerprint density at radius 3 is 2.56 bits per heavy atom. The predicted octanol–water partition coefficient (Wildman–Crippen LogP) is -0.0293. The van der Waals surface area contributed by atoms with Crippen LogP contribution >= 0.6 is 0 Å². The van der Waals surface area contributed by atoms with Gasteiger partial charge in [0.1, 0.15) is 12.2 Å². The fraction of sp³-hybridized carbons (Fsp3) is 0.455. The van der Waals surface area contributed by atoms with Crippen LogP contribution < -0.4 is 10.6 Å². The van der Waals surface area contributed by atoms with E-state index < -0.39 is 12.2 Å². The number of hydrogen-bond donors (Lipinski definition) is 4. The van der Waals surface area contributed by atoms with Crippen molar-refractivity contribution in [1.29, 1.82) is 0 Å². The predicted molar refractivity (Wildman–Crippen MR) is 59.2 cm³/mol. The van der Waals surface area contributed by atoms with Crippen LogP contribution in [0.5, 0.6) is 0 Å². The molecule has 0 saturated carbocycles. The molecular formula is C11H14N2O3. The summed E-state index contributed by atoms with van der Waals surface area (Å²) in [6.07, 6.45) is -1.95. The largest absolute Gasteiger partial charge is 0.388 e. The molecule has 0 aliphatic carbocycles. The first-order chi connectivity index (χ1) is 7.75. The minimum absolute atomic E-state index is 0.152. The first-order valence-corrected chi connectivity index (χ1v) is 5.35. The Kier molecular flexibility index (Phi) is 2.24. The Hall–Kier alpha value is -1.30. The molecule has 1 saturated heterocycles. The van der Waals surface area contributed by atoms with Gasteiger partial charge in [-0.3, -0.25) is 0 Å². The molecule has 2 heterocycles. The van der Waals surface area contributed by atoms with E-state index in [1.165, 1.54) is 0 Å². The van der Waals surface area contributed by atoms with Gasteiger partial charge in [-0.1, -0.05) is 12.1 Å². The molecule has 1 aromatic rings. The van der Waals surface area contributed by atoms with Crippen molar-refractivity contribution in [2.45, 2.75) is 24.5 Å². The van der Waals surface area contributed by atoms with Crippen molar-refractivity contribution in [2.24, 2.45) is 0 Å². The monoisotopic (exact) mass is 222 g/mol. The summed E-state index contributed by atoms with van der Waals surface area (Å²) in [6.45, 7) is 0.152. The summed E-state index contributed by atoms with van der Waals surface area (Å²) in [5, 5.41) is 25.8. The fourth-order valence-corrected chi connectivity index (χ4v) is 2.18. The number of anilines is 2. The van der Waals surface area contributed by atoms with Crippen LogP contribution in [0.2, 0.25) is 0 Å². The van der Waals surface area contributed by atoms with Crippen LogP contribution in [0, 0.1) is 0 Å². The van der Waals surface area contributed by atoms with E-state index in [0.29, 0.717) is 0 Å². The van der Waals surface area contributed by atoms with Gasteiger partial charge in [0.25, 0.3) is 0 Å². The van der Waals surface area contributed by atoms with Gasteiger partial charge in [-0.05, 0) is 12.1 Å². The highest BCUT2D eigenvalue weighted by Crippen LogP contribution is 2.31. The zero-order valence-electron chi connectivity index (χ0n) is 8.63. The first-order valence-electron chi connectivity index (χ1n) is 5.35. The molecule has 0 spiro atoms. The van der Waals surface area contributed by atoms with E-state index in [9.17, 15) is 10.2 Å². The van der Waals surface area contributed by atoms with Crippen LogP contribution in [-0.2, 0) is 4.74 Å². The summed E-state index contributed by atoms with van der Waals surface area (Å²) >= 11 is 0. The Morgan fingerprint density at radius 1 is 1.12 bits per heavy atom. The van der Waals surface area contributed by atoms with Crippen LogP contribution in [0.1, 0.15) is 0 Å². The fourth-order valence-electron chi connectivity index (χ4n) is 2.18. The van der Waals surface area contributed by atoms with E-state index in [1.54, 1.807) is 0 Å². The lowest BCUT2D eigenvalue weighted by Gasteiger charge is -2.43. The van der Waals surface area contributed by atoms with E-state index in [1.807, 2.05) is 24.3 Å². The van der Waals surface area contributed by atoms with Gasteiger partial charge in [0.15, 0.2) is 6.23 Å². The van der Waals surface area contributed by atoms with Gasteiger partial charge in [-0.2, -0.15) is 0 Å². The van der Waals surface area contributed by atoms with E-state index in [4.69, 9.17) is 4.74 Å². The third kappa shape index (κ3) is 1.44. The van der Waals surface area contributed by atoms with Gasteiger partial charge in [0.2, 0.25) is 0 Å². The quantitative estimate of drug-likeness (QED) is 0.496. The second-order valence-electron chi connectivity index (χ2n) is 4.17. The number of nitrogens with one attached hydrogen (secondary N) is 2. The smallest absolute Gasteiger partial charge is 0.150 e. The molecule has 2 aliphatic heterocycles. The molecule has 0 unspecified atom stereocenters. The number of benzene rings is 1. The highest BCUT2D eigenvalue weighted by atomic mass is 16.5. The van der Waals surface area contributed by atoms with E-state index in [2.05, 4.69) is 10.6 Å². The molecule has 5 heteroatoms. The molecule has 0 aromatic heterocycles. The maximum Gasteiger partial charge on any atom is 0.150 e. The van der Waals surface area contributed by atoms with E-state index >= 15 is 0 Å². The molecule has 0 bridgehead atoms. The van der Waals surface area contributed by atoms with Crippen LogP contribution in [0.3, 0.4) is 0 Å². The SMILES string of the molecule is O[C@H]1[C@@H]2Nc3ccccc3N[C@@H]2OC[C@H]1O. The number of hydrogen-bond acceptors (Lipinski definition) is 5. The van der Waals surface area contributed by atoms with Gasteiger partial charge in [-0.25, -0.2) is 0 Å². The molecule has 1 fully saturated rings. The lowest BCUT2D eigenvalue weighted by molar-refractivity contribution is -0.120. The summed E-state index contributed by atoms with van der Waals surface area (Å²) in [5.74, 6) is 0. The molecule has 0 radical (unpaired) electrons. The Labute approximate surface area is 93.0 Å². The summed E-state index contributed by atoms with van der Waals surface area (Å²) in [6, 6.07) is 7.40. The molecule has 16 heavy (non-hydrogen) atoms. The molecule has 4 atom stereocenters. The molecule has 0 amide bonds. The second-order valence-corrected chi connectivity index (χ2v) is 4.17. The number of para-hydroxylation sites is 2. The third-order valence-corrected chi connectivity index (χ3v) is 3.08. The van der Waals surface area contributed by atoms with Crippen molar-refractivity contribution in [2.75, 3.05) is 17.2 Å². The van der Waals surface area contributed by atoms with Crippen molar-refractivity contribution in [3.63, 3.8) is 0 Å². The van der Waals surface area contributed by atoms with Crippen molar-refractivity contribution in [3.8, 4) is 0 Å². The Balaban J connectivity index is 1.90.